The van der Waals surface area contributed by atoms with Crippen molar-refractivity contribution in [2.75, 3.05) is 0 Å². The Balaban J connectivity index is 1.34. The van der Waals surface area contributed by atoms with Gasteiger partial charge in [0.05, 0.1) is 44.5 Å². The van der Waals surface area contributed by atoms with Crippen LogP contribution in [0.2, 0.25) is 0 Å². The van der Waals surface area contributed by atoms with Crippen LogP contribution >= 0.6 is 0 Å². The second kappa shape index (κ2) is 12.9. The molecular formula is C53H32N6. The van der Waals surface area contributed by atoms with Crippen molar-refractivity contribution in [2.45, 2.75) is 0 Å². The summed E-state index contributed by atoms with van der Waals surface area (Å²) in [6.07, 6.45) is 0. The maximum atomic E-state index is 10.8. The Bertz CT molecular complexity index is 3590. The lowest BCUT2D eigenvalue weighted by Gasteiger charge is -2.14. The van der Waals surface area contributed by atoms with Gasteiger partial charge in [0, 0.05) is 54.8 Å². The molecule has 0 N–H and O–H groups in total. The first-order valence-electron chi connectivity index (χ1n) is 19.7. The molecule has 0 aliphatic heterocycles. The number of fused-ring (bicyclic) bond motifs is 11. The molecule has 0 aliphatic rings. The van der Waals surface area contributed by atoms with Crippen molar-refractivity contribution in [3.63, 3.8) is 0 Å². The standard InChI is InChI=1S/C53H32N6/c54-33-42-49(34-17-5-1-6-18-34)55-53(56-50(42)35-19-7-2-8-20-35)59-44-28-16-14-26-39(44)41-30-32-46-48(52(41)59)47-45(57(46)36-21-9-3-10-22-36)31-29-40-38-25-13-15-27-43(38)58(51(40)47)37-23-11-4-12-24-37/h1-32H. The predicted octanol–water partition coefficient (Wildman–Crippen LogP) is 13.0. The van der Waals surface area contributed by atoms with Crippen LogP contribution < -0.4 is 0 Å². The van der Waals surface area contributed by atoms with E-state index >= 15 is 0 Å². The lowest BCUT2D eigenvalue weighted by atomic mass is 10.0. The molecule has 0 bridgehead atoms. The third-order valence-corrected chi connectivity index (χ3v) is 11.7. The van der Waals surface area contributed by atoms with Gasteiger partial charge in [-0.3, -0.25) is 4.57 Å². The first-order valence-corrected chi connectivity index (χ1v) is 19.7. The molecule has 0 atom stereocenters. The van der Waals surface area contributed by atoms with Crippen molar-refractivity contribution < 1.29 is 0 Å². The van der Waals surface area contributed by atoms with Gasteiger partial charge in [-0.1, -0.05) is 146 Å². The third-order valence-electron chi connectivity index (χ3n) is 11.7. The molecule has 4 heterocycles. The van der Waals surface area contributed by atoms with Crippen LogP contribution in [-0.4, -0.2) is 23.7 Å². The number of benzene rings is 8. The first-order chi connectivity index (χ1) is 29.3. The van der Waals surface area contributed by atoms with Gasteiger partial charge in [0.2, 0.25) is 5.95 Å². The van der Waals surface area contributed by atoms with Gasteiger partial charge in [0.15, 0.2) is 0 Å². The Labute approximate surface area is 338 Å². The summed E-state index contributed by atoms with van der Waals surface area (Å²) < 4.78 is 7.05. The minimum atomic E-state index is 0.437. The fourth-order valence-electron chi connectivity index (χ4n) is 9.26. The fraction of sp³-hybridized carbons (Fsp3) is 0. The highest BCUT2D eigenvalue weighted by Crippen LogP contribution is 2.46. The Hall–Kier alpha value is -8.27. The molecule has 6 heteroatoms. The molecule has 0 aliphatic carbocycles. The minimum absolute atomic E-state index is 0.437. The van der Waals surface area contributed by atoms with Crippen molar-refractivity contribution in [1.29, 1.82) is 5.26 Å². The number of aromatic nitrogens is 5. The van der Waals surface area contributed by atoms with Gasteiger partial charge in [0.1, 0.15) is 11.6 Å². The predicted molar refractivity (Wildman–Crippen MR) is 241 cm³/mol. The summed E-state index contributed by atoms with van der Waals surface area (Å²) >= 11 is 0. The first kappa shape index (κ1) is 32.9. The average molecular weight is 753 g/mol. The number of para-hydroxylation sites is 4. The van der Waals surface area contributed by atoms with E-state index in [1.54, 1.807) is 0 Å². The van der Waals surface area contributed by atoms with E-state index in [4.69, 9.17) is 9.97 Å². The van der Waals surface area contributed by atoms with E-state index in [1.807, 2.05) is 60.7 Å². The molecule has 0 saturated carbocycles. The second-order valence-corrected chi connectivity index (χ2v) is 14.9. The zero-order valence-corrected chi connectivity index (χ0v) is 31.7. The van der Waals surface area contributed by atoms with Crippen molar-refractivity contribution in [3.8, 4) is 45.9 Å². The van der Waals surface area contributed by atoms with Crippen LogP contribution in [0.1, 0.15) is 5.56 Å². The SMILES string of the molecule is N#Cc1c(-c2ccccc2)nc(-n2c3ccccc3c3ccc4c(c5c(ccc6c7ccccc7n(-c7ccccc7)c65)n4-c4ccccc4)c32)nc1-c1ccccc1. The van der Waals surface area contributed by atoms with Crippen LogP contribution in [0.5, 0.6) is 0 Å². The molecule has 0 unspecified atom stereocenters. The molecule has 274 valence electrons. The zero-order valence-electron chi connectivity index (χ0n) is 31.7. The molecule has 6 nitrogen and oxygen atoms in total. The fourth-order valence-corrected chi connectivity index (χ4v) is 9.26. The summed E-state index contributed by atoms with van der Waals surface area (Å²) in [5.41, 5.74) is 11.9. The van der Waals surface area contributed by atoms with Crippen molar-refractivity contribution >= 4 is 65.4 Å². The Morgan fingerprint density at radius 2 is 0.763 bits per heavy atom. The smallest absolute Gasteiger partial charge is 0.235 e. The lowest BCUT2D eigenvalue weighted by Crippen LogP contribution is -2.07. The van der Waals surface area contributed by atoms with Crippen molar-refractivity contribution in [1.82, 2.24) is 23.7 Å². The number of rotatable bonds is 5. The van der Waals surface area contributed by atoms with Crippen LogP contribution in [0.4, 0.5) is 0 Å². The summed E-state index contributed by atoms with van der Waals surface area (Å²) in [5.74, 6) is 0.497. The summed E-state index contributed by atoms with van der Waals surface area (Å²) in [7, 11) is 0. The quantitative estimate of drug-likeness (QED) is 0.176. The van der Waals surface area contributed by atoms with Crippen LogP contribution in [0.3, 0.4) is 0 Å². The highest BCUT2D eigenvalue weighted by atomic mass is 15.2. The van der Waals surface area contributed by atoms with Gasteiger partial charge in [0.25, 0.3) is 0 Å². The van der Waals surface area contributed by atoms with Crippen LogP contribution in [0, 0.1) is 11.3 Å². The van der Waals surface area contributed by atoms with E-state index in [2.05, 4.69) is 153 Å². The number of hydrogen-bond acceptors (Lipinski definition) is 3. The number of nitriles is 1. The van der Waals surface area contributed by atoms with E-state index in [9.17, 15) is 5.26 Å². The highest BCUT2D eigenvalue weighted by molar-refractivity contribution is 6.33. The van der Waals surface area contributed by atoms with Crippen molar-refractivity contribution in [2.24, 2.45) is 0 Å². The molecule has 59 heavy (non-hydrogen) atoms. The summed E-state index contributed by atoms with van der Waals surface area (Å²) in [4.78, 5) is 10.7. The number of hydrogen-bond donors (Lipinski definition) is 0. The average Bonchev–Trinajstić information content (AvgIpc) is 3.95. The largest absolute Gasteiger partial charge is 0.309 e. The zero-order chi connectivity index (χ0) is 39.0. The maximum absolute atomic E-state index is 10.8. The summed E-state index contributed by atoms with van der Waals surface area (Å²) in [6.45, 7) is 0. The number of nitrogens with zero attached hydrogens (tertiary/aromatic N) is 6. The van der Waals surface area contributed by atoms with Gasteiger partial charge in [-0.15, -0.1) is 0 Å². The molecule has 0 spiro atoms. The normalized spacial score (nSPS) is 11.7. The van der Waals surface area contributed by atoms with E-state index in [0.29, 0.717) is 22.9 Å². The minimum Gasteiger partial charge on any atom is -0.309 e. The van der Waals surface area contributed by atoms with E-state index in [0.717, 1.165) is 77.1 Å². The van der Waals surface area contributed by atoms with E-state index in [1.165, 1.54) is 10.8 Å². The van der Waals surface area contributed by atoms with Crippen LogP contribution in [-0.2, 0) is 0 Å². The van der Waals surface area contributed by atoms with Gasteiger partial charge < -0.3 is 9.13 Å². The topological polar surface area (TPSA) is 64.4 Å². The van der Waals surface area contributed by atoms with Crippen molar-refractivity contribution in [3.05, 3.63) is 200 Å². The molecule has 4 aromatic heterocycles. The molecule has 0 saturated heterocycles. The van der Waals surface area contributed by atoms with Crippen LogP contribution in [0.15, 0.2) is 194 Å². The summed E-state index contributed by atoms with van der Waals surface area (Å²) in [5, 5.41) is 17.6. The van der Waals surface area contributed by atoms with Gasteiger partial charge in [-0.05, 0) is 48.5 Å². The molecule has 8 aromatic carbocycles. The Morgan fingerprint density at radius 1 is 0.356 bits per heavy atom. The van der Waals surface area contributed by atoms with Gasteiger partial charge in [-0.2, -0.15) is 5.26 Å². The van der Waals surface area contributed by atoms with Gasteiger partial charge >= 0.3 is 0 Å². The monoisotopic (exact) mass is 752 g/mol. The Kier molecular flexibility index (Phi) is 7.19. The molecule has 12 rings (SSSR count). The molecule has 0 radical (unpaired) electrons. The van der Waals surface area contributed by atoms with Crippen LogP contribution in [0.25, 0.3) is 105 Å². The Morgan fingerprint density at radius 3 is 1.25 bits per heavy atom. The molecular weight excluding hydrogens is 721 g/mol. The third kappa shape index (κ3) is 4.79. The van der Waals surface area contributed by atoms with Gasteiger partial charge in [-0.25, -0.2) is 9.97 Å². The lowest BCUT2D eigenvalue weighted by molar-refractivity contribution is 0.994. The van der Waals surface area contributed by atoms with E-state index in [-0.39, 0.29) is 0 Å². The molecule has 12 aromatic rings. The summed E-state index contributed by atoms with van der Waals surface area (Å²) in [6, 6.07) is 70.0. The maximum Gasteiger partial charge on any atom is 0.235 e. The second-order valence-electron chi connectivity index (χ2n) is 14.9. The highest BCUT2D eigenvalue weighted by Gasteiger charge is 2.27. The van der Waals surface area contributed by atoms with E-state index < -0.39 is 0 Å². The molecule has 0 amide bonds. The molecule has 0 fully saturated rings.